The van der Waals surface area contributed by atoms with E-state index in [1.807, 2.05) is 48.5 Å². The molecule has 0 aromatic heterocycles. The molecule has 0 saturated carbocycles. The number of aryl methyl sites for hydroxylation is 2. The van der Waals surface area contributed by atoms with Gasteiger partial charge in [-0.1, -0.05) is 96.3 Å². The van der Waals surface area contributed by atoms with E-state index in [4.69, 9.17) is 0 Å². The summed E-state index contributed by atoms with van der Waals surface area (Å²) in [4.78, 5) is 35.3. The van der Waals surface area contributed by atoms with Crippen LogP contribution in [0.1, 0.15) is 24.0 Å². The van der Waals surface area contributed by atoms with Gasteiger partial charge in [-0.3, -0.25) is 9.59 Å². The molecule has 0 atom stereocenters. The molecule has 2 N–H and O–H groups in total. The van der Waals surface area contributed by atoms with E-state index < -0.39 is 0 Å². The molecule has 0 unspecified atom stereocenters. The molecule has 2 aliphatic heterocycles. The quantitative estimate of drug-likeness (QED) is 0.139. The number of rotatable bonds is 11. The van der Waals surface area contributed by atoms with Gasteiger partial charge in [0.1, 0.15) is 0 Å². The lowest BCUT2D eigenvalue weighted by Crippen LogP contribution is -2.25. The number of nitrogens with one attached hydrogen (secondary N) is 2. The van der Waals surface area contributed by atoms with Crippen LogP contribution in [0.3, 0.4) is 0 Å². The maximum atomic E-state index is 13.0. The third-order valence-corrected chi connectivity index (χ3v) is 11.6. The molecule has 0 bridgehead atoms. The zero-order chi connectivity index (χ0) is 35.3. The van der Waals surface area contributed by atoms with Gasteiger partial charge in [0.2, 0.25) is 11.8 Å². The van der Waals surface area contributed by atoms with Gasteiger partial charge in [-0.05, 0) is 96.8 Å². The molecule has 0 radical (unpaired) electrons. The molecule has 8 rings (SSSR count). The predicted octanol–water partition coefficient (Wildman–Crippen LogP) is 10.7. The standard InChI is InChI=1S/C44H38N4O2S2/c49-43(27-29-47-35-9-1-5-13-39(35)51-40-14-6-2-10-36(40)47)45-33-23-19-31(20-24-33)17-18-32-21-25-34(26-22-32)46-44(50)28-30-48-37-11-3-7-15-41(37)52-42-16-8-4-12-38(42)48/h1-16,19-26H,17-18,27-30H2,(H,45,49)(H,46,50). The number of para-hydroxylation sites is 4. The van der Waals surface area contributed by atoms with E-state index in [1.165, 1.54) is 30.7 Å². The van der Waals surface area contributed by atoms with E-state index in [0.29, 0.717) is 25.9 Å². The van der Waals surface area contributed by atoms with Crippen LogP contribution in [0.25, 0.3) is 0 Å². The van der Waals surface area contributed by atoms with Gasteiger partial charge in [0.25, 0.3) is 0 Å². The van der Waals surface area contributed by atoms with Gasteiger partial charge in [0, 0.05) is 56.9 Å². The number of benzene rings is 6. The number of hydrogen-bond acceptors (Lipinski definition) is 6. The minimum atomic E-state index is -0.00520. The molecule has 6 aromatic carbocycles. The SMILES string of the molecule is O=C(CCN1c2ccccc2Sc2ccccc21)Nc1ccc(CCc2ccc(NC(=O)CCN3c4ccccc4Sc4ccccc43)cc2)cc1. The first-order valence-corrected chi connectivity index (χ1v) is 19.3. The van der Waals surface area contributed by atoms with Crippen LogP contribution in [0, 0.1) is 0 Å². The fourth-order valence-electron chi connectivity index (χ4n) is 6.72. The van der Waals surface area contributed by atoms with Gasteiger partial charge in [0.15, 0.2) is 0 Å². The van der Waals surface area contributed by atoms with Crippen molar-refractivity contribution in [1.82, 2.24) is 0 Å². The lowest BCUT2D eigenvalue weighted by molar-refractivity contribution is -0.116. The average molecular weight is 719 g/mol. The zero-order valence-corrected chi connectivity index (χ0v) is 30.3. The summed E-state index contributed by atoms with van der Waals surface area (Å²) in [5, 5.41) is 6.16. The molecule has 6 aromatic rings. The van der Waals surface area contributed by atoms with Crippen molar-refractivity contribution in [2.24, 2.45) is 0 Å². The maximum Gasteiger partial charge on any atom is 0.226 e. The fourth-order valence-corrected chi connectivity index (χ4v) is 8.91. The highest BCUT2D eigenvalue weighted by Gasteiger charge is 2.24. The molecule has 8 heteroatoms. The van der Waals surface area contributed by atoms with Crippen molar-refractivity contribution in [2.75, 3.05) is 33.5 Å². The third-order valence-electron chi connectivity index (χ3n) is 9.37. The summed E-state index contributed by atoms with van der Waals surface area (Å²) >= 11 is 3.55. The smallest absolute Gasteiger partial charge is 0.226 e. The Kier molecular flexibility index (Phi) is 10.00. The average Bonchev–Trinajstić information content (AvgIpc) is 3.18. The van der Waals surface area contributed by atoms with Crippen LogP contribution in [-0.2, 0) is 22.4 Å². The summed E-state index contributed by atoms with van der Waals surface area (Å²) in [6, 6.07) is 49.7. The van der Waals surface area contributed by atoms with E-state index >= 15 is 0 Å². The zero-order valence-electron chi connectivity index (χ0n) is 28.6. The van der Waals surface area contributed by atoms with Crippen LogP contribution in [0.2, 0.25) is 0 Å². The maximum absolute atomic E-state index is 13.0. The summed E-state index contributed by atoms with van der Waals surface area (Å²) in [6.45, 7) is 1.20. The number of carbonyl (C=O) groups is 2. The predicted molar refractivity (Wildman–Crippen MR) is 215 cm³/mol. The molecule has 2 aliphatic rings. The summed E-state index contributed by atoms with van der Waals surface area (Å²) in [7, 11) is 0. The van der Waals surface area contributed by atoms with E-state index in [9.17, 15) is 9.59 Å². The molecule has 6 nitrogen and oxygen atoms in total. The Morgan fingerprint density at radius 2 is 0.731 bits per heavy atom. The minimum absolute atomic E-state index is 0.00520. The van der Waals surface area contributed by atoms with Gasteiger partial charge in [-0.15, -0.1) is 0 Å². The van der Waals surface area contributed by atoms with Crippen molar-refractivity contribution in [3.63, 3.8) is 0 Å². The third kappa shape index (κ3) is 7.59. The van der Waals surface area contributed by atoms with Crippen LogP contribution in [0.4, 0.5) is 34.1 Å². The van der Waals surface area contributed by atoms with Crippen molar-refractivity contribution < 1.29 is 9.59 Å². The monoisotopic (exact) mass is 718 g/mol. The first kappa shape index (κ1) is 33.7. The number of amides is 2. The Bertz CT molecular complexity index is 1970. The molecular weight excluding hydrogens is 681 g/mol. The van der Waals surface area contributed by atoms with E-state index in [-0.39, 0.29) is 11.8 Å². The molecule has 0 fully saturated rings. The van der Waals surface area contributed by atoms with Crippen LogP contribution < -0.4 is 20.4 Å². The van der Waals surface area contributed by atoms with Gasteiger partial charge >= 0.3 is 0 Å². The topological polar surface area (TPSA) is 64.7 Å². The summed E-state index contributed by atoms with van der Waals surface area (Å²) in [5.74, 6) is -0.0104. The lowest BCUT2D eigenvalue weighted by Gasteiger charge is -2.32. The number of fused-ring (bicyclic) bond motifs is 4. The second-order valence-electron chi connectivity index (χ2n) is 12.9. The second-order valence-corrected chi connectivity index (χ2v) is 15.0. The van der Waals surface area contributed by atoms with Crippen molar-refractivity contribution in [3.8, 4) is 0 Å². The number of hydrogen-bond donors (Lipinski definition) is 2. The van der Waals surface area contributed by atoms with Crippen molar-refractivity contribution >= 4 is 69.5 Å². The number of nitrogens with zero attached hydrogens (tertiary/aromatic N) is 2. The van der Waals surface area contributed by atoms with Crippen molar-refractivity contribution in [1.29, 1.82) is 0 Å². The van der Waals surface area contributed by atoms with Crippen LogP contribution in [0.5, 0.6) is 0 Å². The Morgan fingerprint density at radius 1 is 0.423 bits per heavy atom. The molecule has 0 aliphatic carbocycles. The first-order valence-electron chi connectivity index (χ1n) is 17.6. The molecule has 258 valence electrons. The van der Waals surface area contributed by atoms with Crippen LogP contribution in [0.15, 0.2) is 165 Å². The van der Waals surface area contributed by atoms with Crippen LogP contribution in [-0.4, -0.2) is 24.9 Å². The lowest BCUT2D eigenvalue weighted by atomic mass is 10.0. The second kappa shape index (κ2) is 15.4. The van der Waals surface area contributed by atoms with Crippen molar-refractivity contribution in [3.05, 3.63) is 157 Å². The molecule has 2 amide bonds. The molecule has 0 saturated heterocycles. The first-order chi connectivity index (χ1) is 25.6. The molecule has 52 heavy (non-hydrogen) atoms. The highest BCUT2D eigenvalue weighted by Crippen LogP contribution is 2.49. The number of carbonyl (C=O) groups excluding carboxylic acids is 2. The van der Waals surface area contributed by atoms with Gasteiger partial charge < -0.3 is 20.4 Å². The van der Waals surface area contributed by atoms with Gasteiger partial charge in [-0.2, -0.15) is 0 Å². The van der Waals surface area contributed by atoms with Gasteiger partial charge in [0.05, 0.1) is 22.7 Å². The minimum Gasteiger partial charge on any atom is -0.339 e. The molecule has 0 spiro atoms. The summed E-state index contributed by atoms with van der Waals surface area (Å²) in [5.41, 5.74) is 8.58. The van der Waals surface area contributed by atoms with E-state index in [2.05, 4.69) is 117 Å². The highest BCUT2D eigenvalue weighted by atomic mass is 32.2. The number of anilines is 6. The van der Waals surface area contributed by atoms with Crippen molar-refractivity contribution in [2.45, 2.75) is 45.3 Å². The van der Waals surface area contributed by atoms with Gasteiger partial charge in [-0.25, -0.2) is 0 Å². The van der Waals surface area contributed by atoms with E-state index in [0.717, 1.165) is 47.0 Å². The Labute approximate surface area is 313 Å². The Balaban J connectivity index is 0.799. The fraction of sp³-hybridized carbons (Fsp3) is 0.136. The van der Waals surface area contributed by atoms with E-state index in [1.54, 1.807) is 23.5 Å². The largest absolute Gasteiger partial charge is 0.339 e. The summed E-state index contributed by atoms with van der Waals surface area (Å²) in [6.07, 6.45) is 2.52. The van der Waals surface area contributed by atoms with Crippen LogP contribution >= 0.6 is 23.5 Å². The summed E-state index contributed by atoms with van der Waals surface area (Å²) < 4.78 is 0. The highest BCUT2D eigenvalue weighted by molar-refractivity contribution is 8.00. The Morgan fingerprint density at radius 3 is 1.06 bits per heavy atom. The molecule has 2 heterocycles. The molecular formula is C44H38N4O2S2. The normalized spacial score (nSPS) is 12.6. The Hall–Kier alpha value is -5.44.